The molecule has 4 heteroatoms. The van der Waals surface area contributed by atoms with Crippen molar-refractivity contribution in [2.45, 2.75) is 32.2 Å². The van der Waals surface area contributed by atoms with E-state index in [0.717, 1.165) is 57.5 Å². The molecular weight excluding hydrogens is 322 g/mol. The molecule has 1 saturated heterocycles. The van der Waals surface area contributed by atoms with E-state index in [1.807, 2.05) is 24.3 Å². The maximum atomic E-state index is 12.2. The molecule has 0 bridgehead atoms. The van der Waals surface area contributed by atoms with Crippen molar-refractivity contribution >= 4 is 11.6 Å². The van der Waals surface area contributed by atoms with Crippen molar-refractivity contribution in [3.05, 3.63) is 66.2 Å². The van der Waals surface area contributed by atoms with Gasteiger partial charge in [-0.25, -0.2) is 0 Å². The fourth-order valence-corrected chi connectivity index (χ4v) is 3.82. The Bertz CT molecular complexity index is 674. The van der Waals surface area contributed by atoms with Gasteiger partial charge in [-0.05, 0) is 56.5 Å². The molecule has 0 saturated carbocycles. The Labute approximate surface area is 156 Å². The smallest absolute Gasteiger partial charge is 0.223 e. The normalized spacial score (nSPS) is 16.9. The number of rotatable bonds is 8. The number of likely N-dealkylation sites (tertiary alicyclic amines) is 1. The molecule has 1 amide bonds. The van der Waals surface area contributed by atoms with E-state index >= 15 is 0 Å². The largest absolute Gasteiger partial charge is 0.385 e. The fourth-order valence-electron chi connectivity index (χ4n) is 3.82. The van der Waals surface area contributed by atoms with E-state index in [0.29, 0.717) is 0 Å². The summed E-state index contributed by atoms with van der Waals surface area (Å²) in [5.74, 6) is -0.128. The summed E-state index contributed by atoms with van der Waals surface area (Å²) in [6, 6.07) is 20.7. The Morgan fingerprint density at radius 3 is 2.23 bits per heavy atom. The summed E-state index contributed by atoms with van der Waals surface area (Å²) in [5, 5.41) is 3.42. The van der Waals surface area contributed by atoms with Gasteiger partial charge >= 0.3 is 0 Å². The summed E-state index contributed by atoms with van der Waals surface area (Å²) in [6.45, 7) is 3.69. The van der Waals surface area contributed by atoms with Crippen LogP contribution < -0.4 is 11.1 Å². The highest BCUT2D eigenvalue weighted by Gasteiger charge is 2.39. The number of hydrogen-bond acceptors (Lipinski definition) is 3. The lowest BCUT2D eigenvalue weighted by atomic mass is 9.74. The molecule has 1 aliphatic rings. The van der Waals surface area contributed by atoms with Gasteiger partial charge in [-0.3, -0.25) is 9.69 Å². The molecule has 138 valence electrons. The zero-order chi connectivity index (χ0) is 18.2. The lowest BCUT2D eigenvalue weighted by molar-refractivity contribution is -0.131. The number of nitrogens with one attached hydrogen (secondary N) is 1. The Morgan fingerprint density at radius 1 is 1.00 bits per heavy atom. The summed E-state index contributed by atoms with van der Waals surface area (Å²) < 4.78 is 0. The third-order valence-electron chi connectivity index (χ3n) is 5.52. The second kappa shape index (κ2) is 8.86. The van der Waals surface area contributed by atoms with Crippen LogP contribution >= 0.6 is 0 Å². The molecule has 0 atom stereocenters. The van der Waals surface area contributed by atoms with Crippen molar-refractivity contribution in [1.29, 1.82) is 0 Å². The van der Waals surface area contributed by atoms with Gasteiger partial charge < -0.3 is 11.1 Å². The number of piperidine rings is 1. The first-order chi connectivity index (χ1) is 12.7. The molecular formula is C22H29N3O. The number of nitrogens with zero attached hydrogens (tertiary/aromatic N) is 1. The highest BCUT2D eigenvalue weighted by Crippen LogP contribution is 2.36. The van der Waals surface area contributed by atoms with Crippen LogP contribution in [0.25, 0.3) is 0 Å². The van der Waals surface area contributed by atoms with Crippen LogP contribution in [0.4, 0.5) is 5.69 Å². The van der Waals surface area contributed by atoms with Crippen LogP contribution in [0.1, 0.15) is 31.2 Å². The highest BCUT2D eigenvalue weighted by molar-refractivity contribution is 5.81. The SMILES string of the molecule is NC(=O)C1(CCCNc2ccccc2)CCN(Cc2ccccc2)CC1. The number of para-hydroxylation sites is 1. The molecule has 4 nitrogen and oxygen atoms in total. The van der Waals surface area contributed by atoms with E-state index in [1.165, 1.54) is 5.56 Å². The molecule has 1 fully saturated rings. The molecule has 0 aromatic heterocycles. The summed E-state index contributed by atoms with van der Waals surface area (Å²) in [6.07, 6.45) is 3.54. The zero-order valence-corrected chi connectivity index (χ0v) is 15.4. The van der Waals surface area contributed by atoms with E-state index in [2.05, 4.69) is 46.6 Å². The Hall–Kier alpha value is -2.33. The Kier molecular flexibility index (Phi) is 6.29. The average Bonchev–Trinajstić information content (AvgIpc) is 2.68. The summed E-state index contributed by atoms with van der Waals surface area (Å²) in [7, 11) is 0. The molecule has 1 heterocycles. The maximum Gasteiger partial charge on any atom is 0.223 e. The lowest BCUT2D eigenvalue weighted by Crippen LogP contribution is -2.47. The quantitative estimate of drug-likeness (QED) is 0.714. The summed E-state index contributed by atoms with van der Waals surface area (Å²) in [4.78, 5) is 14.6. The minimum atomic E-state index is -0.342. The minimum absolute atomic E-state index is 0.128. The maximum absolute atomic E-state index is 12.2. The van der Waals surface area contributed by atoms with Crippen LogP contribution in [0, 0.1) is 5.41 Å². The van der Waals surface area contributed by atoms with Crippen molar-refractivity contribution < 1.29 is 4.79 Å². The van der Waals surface area contributed by atoms with Gasteiger partial charge in [0.15, 0.2) is 0 Å². The van der Waals surface area contributed by atoms with Crippen LogP contribution in [-0.4, -0.2) is 30.4 Å². The first-order valence-corrected chi connectivity index (χ1v) is 9.53. The van der Waals surface area contributed by atoms with E-state index in [9.17, 15) is 4.79 Å². The second-order valence-corrected chi connectivity index (χ2v) is 7.30. The summed E-state index contributed by atoms with van der Waals surface area (Å²) in [5.41, 5.74) is 7.92. The van der Waals surface area contributed by atoms with Gasteiger partial charge in [0, 0.05) is 18.8 Å². The van der Waals surface area contributed by atoms with E-state index in [4.69, 9.17) is 5.73 Å². The van der Waals surface area contributed by atoms with Gasteiger partial charge in [0.25, 0.3) is 0 Å². The molecule has 3 N–H and O–H groups in total. The van der Waals surface area contributed by atoms with Crippen molar-refractivity contribution in [3.63, 3.8) is 0 Å². The number of nitrogens with two attached hydrogens (primary N) is 1. The predicted molar refractivity (Wildman–Crippen MR) is 107 cm³/mol. The summed E-state index contributed by atoms with van der Waals surface area (Å²) >= 11 is 0. The Morgan fingerprint density at radius 2 is 1.62 bits per heavy atom. The monoisotopic (exact) mass is 351 g/mol. The highest BCUT2D eigenvalue weighted by atomic mass is 16.1. The molecule has 0 unspecified atom stereocenters. The van der Waals surface area contributed by atoms with Gasteiger partial charge in [0.1, 0.15) is 0 Å². The number of amides is 1. The standard InChI is InChI=1S/C22H29N3O/c23-21(26)22(12-7-15-24-20-10-5-2-6-11-20)13-16-25(17-14-22)18-19-8-3-1-4-9-19/h1-6,8-11,24H,7,12-18H2,(H2,23,26). The van der Waals surface area contributed by atoms with E-state index in [1.54, 1.807) is 0 Å². The molecule has 0 spiro atoms. The number of anilines is 1. The lowest BCUT2D eigenvalue weighted by Gasteiger charge is -2.40. The van der Waals surface area contributed by atoms with Crippen LogP contribution in [-0.2, 0) is 11.3 Å². The Balaban J connectivity index is 1.47. The van der Waals surface area contributed by atoms with Crippen molar-refractivity contribution in [2.24, 2.45) is 11.1 Å². The van der Waals surface area contributed by atoms with Crippen molar-refractivity contribution in [2.75, 3.05) is 25.0 Å². The van der Waals surface area contributed by atoms with Gasteiger partial charge in [-0.15, -0.1) is 0 Å². The van der Waals surface area contributed by atoms with Crippen LogP contribution in [0.5, 0.6) is 0 Å². The minimum Gasteiger partial charge on any atom is -0.385 e. The first-order valence-electron chi connectivity index (χ1n) is 9.53. The first kappa shape index (κ1) is 18.5. The van der Waals surface area contributed by atoms with Crippen LogP contribution in [0.3, 0.4) is 0 Å². The molecule has 0 aliphatic carbocycles. The average molecular weight is 351 g/mol. The third kappa shape index (κ3) is 4.85. The van der Waals surface area contributed by atoms with Crippen LogP contribution in [0.2, 0.25) is 0 Å². The molecule has 1 aliphatic heterocycles. The number of hydrogen-bond donors (Lipinski definition) is 2. The van der Waals surface area contributed by atoms with Gasteiger partial charge in [-0.1, -0.05) is 48.5 Å². The number of benzene rings is 2. The van der Waals surface area contributed by atoms with Gasteiger partial charge in [0.2, 0.25) is 5.91 Å². The molecule has 3 rings (SSSR count). The third-order valence-corrected chi connectivity index (χ3v) is 5.52. The number of carbonyl (C=O) groups excluding carboxylic acids is 1. The van der Waals surface area contributed by atoms with Crippen molar-refractivity contribution in [1.82, 2.24) is 4.90 Å². The van der Waals surface area contributed by atoms with E-state index < -0.39 is 0 Å². The fraction of sp³-hybridized carbons (Fsp3) is 0.409. The molecule has 2 aromatic carbocycles. The number of carbonyl (C=O) groups is 1. The second-order valence-electron chi connectivity index (χ2n) is 7.30. The van der Waals surface area contributed by atoms with Gasteiger partial charge in [-0.2, -0.15) is 0 Å². The number of primary amides is 1. The van der Waals surface area contributed by atoms with Crippen molar-refractivity contribution in [3.8, 4) is 0 Å². The molecule has 0 radical (unpaired) electrons. The van der Waals surface area contributed by atoms with E-state index in [-0.39, 0.29) is 11.3 Å². The molecule has 26 heavy (non-hydrogen) atoms. The zero-order valence-electron chi connectivity index (χ0n) is 15.4. The van der Waals surface area contributed by atoms with Crippen LogP contribution in [0.15, 0.2) is 60.7 Å². The molecule has 2 aromatic rings. The van der Waals surface area contributed by atoms with Gasteiger partial charge in [0.05, 0.1) is 5.41 Å². The topological polar surface area (TPSA) is 58.4 Å². The predicted octanol–water partition coefficient (Wildman–Crippen LogP) is 3.65.